The first-order chi connectivity index (χ1) is 9.67. The highest BCUT2D eigenvalue weighted by atomic mass is 16.2. The zero-order valence-corrected chi connectivity index (χ0v) is 11.4. The third-order valence-corrected chi connectivity index (χ3v) is 2.85. The summed E-state index contributed by atoms with van der Waals surface area (Å²) in [4.78, 5) is 11.8. The first-order valence-corrected chi connectivity index (χ1v) is 6.51. The highest BCUT2D eigenvalue weighted by Gasteiger charge is 2.08. The smallest absolute Gasteiger partial charge is 0.319 e. The number of urea groups is 1. The Morgan fingerprint density at radius 2 is 2.15 bits per heavy atom. The van der Waals surface area contributed by atoms with Crippen LogP contribution < -0.4 is 16.4 Å². The molecule has 106 valence electrons. The predicted octanol–water partition coefficient (Wildman–Crippen LogP) is 1.55. The Kier molecular flexibility index (Phi) is 4.73. The summed E-state index contributed by atoms with van der Waals surface area (Å²) < 4.78 is 1.78. The average molecular weight is 273 g/mol. The third kappa shape index (κ3) is 4.10. The van der Waals surface area contributed by atoms with E-state index in [1.807, 2.05) is 43.5 Å². The SMILES string of the molecule is CC(Cn1cccn1)NC(=O)Nc1ccc(CN)cc1. The lowest BCUT2D eigenvalue weighted by Crippen LogP contribution is -2.38. The van der Waals surface area contributed by atoms with Crippen LogP contribution in [0.25, 0.3) is 0 Å². The number of nitrogens with one attached hydrogen (secondary N) is 2. The zero-order valence-electron chi connectivity index (χ0n) is 11.4. The molecule has 0 fully saturated rings. The van der Waals surface area contributed by atoms with Gasteiger partial charge in [-0.05, 0) is 30.7 Å². The largest absolute Gasteiger partial charge is 0.334 e. The molecule has 6 nitrogen and oxygen atoms in total. The van der Waals surface area contributed by atoms with Crippen LogP contribution in [-0.2, 0) is 13.1 Å². The Labute approximate surface area is 118 Å². The van der Waals surface area contributed by atoms with Gasteiger partial charge in [-0.1, -0.05) is 12.1 Å². The zero-order chi connectivity index (χ0) is 14.4. The van der Waals surface area contributed by atoms with Crippen LogP contribution in [0.15, 0.2) is 42.7 Å². The van der Waals surface area contributed by atoms with Crippen molar-refractivity contribution in [3.8, 4) is 0 Å². The molecule has 1 heterocycles. The number of nitrogens with zero attached hydrogens (tertiary/aromatic N) is 2. The number of aromatic nitrogens is 2. The molecule has 1 aromatic heterocycles. The van der Waals surface area contributed by atoms with E-state index in [0.717, 1.165) is 11.3 Å². The van der Waals surface area contributed by atoms with Crippen molar-refractivity contribution in [2.24, 2.45) is 5.73 Å². The molecular weight excluding hydrogens is 254 g/mol. The second-order valence-corrected chi connectivity index (χ2v) is 4.63. The van der Waals surface area contributed by atoms with E-state index >= 15 is 0 Å². The second kappa shape index (κ2) is 6.72. The summed E-state index contributed by atoms with van der Waals surface area (Å²) in [6.07, 6.45) is 3.58. The number of anilines is 1. The van der Waals surface area contributed by atoms with Crippen LogP contribution in [0.5, 0.6) is 0 Å². The van der Waals surface area contributed by atoms with E-state index in [9.17, 15) is 4.79 Å². The van der Waals surface area contributed by atoms with Crippen molar-refractivity contribution in [3.05, 3.63) is 48.3 Å². The van der Waals surface area contributed by atoms with Crippen LogP contribution in [0.4, 0.5) is 10.5 Å². The maximum absolute atomic E-state index is 11.8. The molecule has 2 rings (SSSR count). The van der Waals surface area contributed by atoms with Gasteiger partial charge in [0.15, 0.2) is 0 Å². The fraction of sp³-hybridized carbons (Fsp3) is 0.286. The van der Waals surface area contributed by atoms with Gasteiger partial charge >= 0.3 is 6.03 Å². The maximum Gasteiger partial charge on any atom is 0.319 e. The first kappa shape index (κ1) is 14.1. The highest BCUT2D eigenvalue weighted by Crippen LogP contribution is 2.08. The van der Waals surface area contributed by atoms with Crippen LogP contribution >= 0.6 is 0 Å². The molecule has 1 aromatic carbocycles. The van der Waals surface area contributed by atoms with Crippen molar-refractivity contribution in [2.75, 3.05) is 5.32 Å². The number of carbonyl (C=O) groups excluding carboxylic acids is 1. The fourth-order valence-electron chi connectivity index (χ4n) is 1.85. The van der Waals surface area contributed by atoms with Gasteiger partial charge in [0.2, 0.25) is 0 Å². The minimum atomic E-state index is -0.231. The number of benzene rings is 1. The molecule has 2 aromatic rings. The molecule has 2 amide bonds. The Morgan fingerprint density at radius 3 is 2.75 bits per heavy atom. The van der Waals surface area contributed by atoms with E-state index in [1.165, 1.54) is 0 Å². The van der Waals surface area contributed by atoms with Gasteiger partial charge < -0.3 is 16.4 Å². The lowest BCUT2D eigenvalue weighted by molar-refractivity contribution is 0.247. The van der Waals surface area contributed by atoms with Crippen molar-refractivity contribution in [1.29, 1.82) is 0 Å². The number of amides is 2. The van der Waals surface area contributed by atoms with Gasteiger partial charge in [0.1, 0.15) is 0 Å². The predicted molar refractivity (Wildman–Crippen MR) is 78.2 cm³/mol. The molecule has 0 radical (unpaired) electrons. The molecule has 4 N–H and O–H groups in total. The fourth-order valence-corrected chi connectivity index (χ4v) is 1.85. The van der Waals surface area contributed by atoms with E-state index in [2.05, 4.69) is 15.7 Å². The summed E-state index contributed by atoms with van der Waals surface area (Å²) in [6.45, 7) is 3.05. The molecule has 20 heavy (non-hydrogen) atoms. The van der Waals surface area contributed by atoms with Crippen molar-refractivity contribution in [1.82, 2.24) is 15.1 Å². The molecule has 0 saturated carbocycles. The normalized spacial score (nSPS) is 11.9. The Morgan fingerprint density at radius 1 is 1.40 bits per heavy atom. The van der Waals surface area contributed by atoms with Gasteiger partial charge in [0.05, 0.1) is 6.54 Å². The molecule has 0 aliphatic heterocycles. The van der Waals surface area contributed by atoms with E-state index in [4.69, 9.17) is 5.73 Å². The third-order valence-electron chi connectivity index (χ3n) is 2.85. The topological polar surface area (TPSA) is 85.0 Å². The van der Waals surface area contributed by atoms with Gasteiger partial charge in [0.25, 0.3) is 0 Å². The molecule has 0 aliphatic rings. The van der Waals surface area contributed by atoms with Gasteiger partial charge in [0, 0.05) is 30.7 Å². The summed E-state index contributed by atoms with van der Waals surface area (Å²) in [5.74, 6) is 0. The van der Waals surface area contributed by atoms with Gasteiger partial charge in [-0.15, -0.1) is 0 Å². The minimum absolute atomic E-state index is 0.0155. The number of rotatable bonds is 5. The Balaban J connectivity index is 1.82. The Bertz CT molecular complexity index is 535. The lowest BCUT2D eigenvalue weighted by atomic mass is 10.2. The quantitative estimate of drug-likeness (QED) is 0.772. The number of hydrogen-bond acceptors (Lipinski definition) is 3. The minimum Gasteiger partial charge on any atom is -0.334 e. The molecule has 0 bridgehead atoms. The van der Waals surface area contributed by atoms with E-state index in [0.29, 0.717) is 13.1 Å². The van der Waals surface area contributed by atoms with Crippen LogP contribution in [0.2, 0.25) is 0 Å². The molecular formula is C14H19N5O. The molecule has 1 atom stereocenters. The van der Waals surface area contributed by atoms with Crippen molar-refractivity contribution in [3.63, 3.8) is 0 Å². The molecule has 0 saturated heterocycles. The summed E-state index contributed by atoms with van der Waals surface area (Å²) in [7, 11) is 0. The maximum atomic E-state index is 11.8. The first-order valence-electron chi connectivity index (χ1n) is 6.51. The molecule has 0 spiro atoms. The highest BCUT2D eigenvalue weighted by molar-refractivity contribution is 5.89. The van der Waals surface area contributed by atoms with E-state index < -0.39 is 0 Å². The summed E-state index contributed by atoms with van der Waals surface area (Å²) in [6, 6.07) is 9.06. The van der Waals surface area contributed by atoms with Gasteiger partial charge in [-0.3, -0.25) is 4.68 Å². The Hall–Kier alpha value is -2.34. The van der Waals surface area contributed by atoms with Gasteiger partial charge in [-0.25, -0.2) is 4.79 Å². The monoisotopic (exact) mass is 273 g/mol. The molecule has 1 unspecified atom stereocenters. The summed E-state index contributed by atoms with van der Waals surface area (Å²) >= 11 is 0. The van der Waals surface area contributed by atoms with Gasteiger partial charge in [-0.2, -0.15) is 5.10 Å². The van der Waals surface area contributed by atoms with Crippen LogP contribution in [0, 0.1) is 0 Å². The molecule has 6 heteroatoms. The van der Waals surface area contributed by atoms with Crippen LogP contribution in [0.1, 0.15) is 12.5 Å². The number of hydrogen-bond donors (Lipinski definition) is 3. The lowest BCUT2D eigenvalue weighted by Gasteiger charge is -2.14. The van der Waals surface area contributed by atoms with Crippen molar-refractivity contribution >= 4 is 11.7 Å². The summed E-state index contributed by atoms with van der Waals surface area (Å²) in [5, 5.41) is 9.74. The van der Waals surface area contributed by atoms with E-state index in [-0.39, 0.29) is 12.1 Å². The van der Waals surface area contributed by atoms with E-state index in [1.54, 1.807) is 10.9 Å². The standard InChI is InChI=1S/C14H19N5O/c1-11(10-19-8-2-7-16-19)17-14(20)18-13-5-3-12(9-15)4-6-13/h2-8,11H,9-10,15H2,1H3,(H2,17,18,20). The number of carbonyl (C=O) groups is 1. The second-order valence-electron chi connectivity index (χ2n) is 4.63. The average Bonchev–Trinajstić information content (AvgIpc) is 2.92. The summed E-state index contributed by atoms with van der Waals surface area (Å²) in [5.41, 5.74) is 7.30. The van der Waals surface area contributed by atoms with Crippen molar-refractivity contribution in [2.45, 2.75) is 26.1 Å². The van der Waals surface area contributed by atoms with Crippen LogP contribution in [0.3, 0.4) is 0 Å². The molecule has 0 aliphatic carbocycles. The van der Waals surface area contributed by atoms with Crippen LogP contribution in [-0.4, -0.2) is 21.9 Å². The van der Waals surface area contributed by atoms with Crippen molar-refractivity contribution < 1.29 is 4.79 Å². The number of nitrogens with two attached hydrogens (primary N) is 1.